The lowest BCUT2D eigenvalue weighted by atomic mass is 10.0. The zero-order valence-corrected chi connectivity index (χ0v) is 19.9. The molecule has 0 saturated heterocycles. The van der Waals surface area contributed by atoms with Gasteiger partial charge in [-0.05, 0) is 29.6 Å². The number of carbonyl (C=O) groups is 1. The number of hydrogen-bond donors (Lipinski definition) is 2. The number of hydrogen-bond acceptors (Lipinski definition) is 5. The third-order valence-electron chi connectivity index (χ3n) is 5.37. The molecule has 4 N–H and O–H groups in total. The number of rotatable bonds is 2. The maximum Gasteiger partial charge on any atom is 0.433 e. The third kappa shape index (κ3) is 7.78. The number of fused-ring (bicyclic) bond motifs is 1. The fourth-order valence-electron chi connectivity index (χ4n) is 3.56. The van der Waals surface area contributed by atoms with E-state index in [4.69, 9.17) is 11.5 Å². The molecule has 5 nitrogen and oxygen atoms in total. The molecule has 0 radical (unpaired) electrons. The Morgan fingerprint density at radius 2 is 1.57 bits per heavy atom. The van der Waals surface area contributed by atoms with Crippen molar-refractivity contribution in [1.29, 1.82) is 0 Å². The Balaban J connectivity index is 0.000000159. The smallest absolute Gasteiger partial charge is 0.398 e. The van der Waals surface area contributed by atoms with Gasteiger partial charge in [0, 0.05) is 33.9 Å². The van der Waals surface area contributed by atoms with Crippen molar-refractivity contribution in [2.75, 3.05) is 5.73 Å². The quantitative estimate of drug-likeness (QED) is 0.307. The van der Waals surface area contributed by atoms with Crippen LogP contribution < -0.4 is 11.5 Å². The van der Waals surface area contributed by atoms with Crippen molar-refractivity contribution in [1.82, 2.24) is 9.97 Å². The number of thiophene rings is 1. The first kappa shape index (κ1) is 26.2. The Kier molecular flexibility index (Phi) is 9.19. The topological polar surface area (TPSA) is 94.9 Å². The minimum absolute atomic E-state index is 0.0907. The van der Waals surface area contributed by atoms with E-state index in [2.05, 4.69) is 9.97 Å². The van der Waals surface area contributed by atoms with Crippen molar-refractivity contribution in [3.8, 4) is 10.4 Å². The Bertz CT molecular complexity index is 1230. The van der Waals surface area contributed by atoms with Crippen LogP contribution in [0.3, 0.4) is 0 Å². The van der Waals surface area contributed by atoms with Crippen LogP contribution in [0.25, 0.3) is 21.3 Å². The third-order valence-corrected chi connectivity index (χ3v) is 6.29. The molecule has 1 aromatic carbocycles. The highest BCUT2D eigenvalue weighted by Gasteiger charge is 2.33. The first-order valence-corrected chi connectivity index (χ1v) is 12.1. The highest BCUT2D eigenvalue weighted by atomic mass is 32.1. The van der Waals surface area contributed by atoms with Crippen LogP contribution in [0.15, 0.2) is 66.3 Å². The van der Waals surface area contributed by atoms with E-state index in [1.807, 2.05) is 17.5 Å². The minimum atomic E-state index is -4.46. The van der Waals surface area contributed by atoms with E-state index in [1.54, 1.807) is 41.8 Å². The second kappa shape index (κ2) is 12.3. The van der Waals surface area contributed by atoms with E-state index in [1.165, 1.54) is 50.8 Å². The average Bonchev–Trinajstić information content (AvgIpc) is 3.41. The van der Waals surface area contributed by atoms with Crippen molar-refractivity contribution in [2.45, 2.75) is 44.7 Å². The second-order valence-corrected chi connectivity index (χ2v) is 8.98. The molecule has 9 heteroatoms. The summed E-state index contributed by atoms with van der Waals surface area (Å²) in [5.41, 5.74) is 11.4. The van der Waals surface area contributed by atoms with Crippen molar-refractivity contribution >= 4 is 33.8 Å². The maximum absolute atomic E-state index is 12.4. The molecule has 4 aromatic rings. The van der Waals surface area contributed by atoms with Crippen molar-refractivity contribution in [3.63, 3.8) is 0 Å². The van der Waals surface area contributed by atoms with Gasteiger partial charge in [-0.25, -0.2) is 4.98 Å². The average molecular weight is 501 g/mol. The fraction of sp³-hybridized carbons (Fsp3) is 0.269. The molecule has 0 atom stereocenters. The number of nitrogens with two attached hydrogens (primary N) is 2. The lowest BCUT2D eigenvalue weighted by molar-refractivity contribution is -0.140. The van der Waals surface area contributed by atoms with Gasteiger partial charge in [-0.3, -0.25) is 9.78 Å². The van der Waals surface area contributed by atoms with Gasteiger partial charge in [0.25, 0.3) is 0 Å². The van der Waals surface area contributed by atoms with Crippen LogP contribution in [0, 0.1) is 0 Å². The Hall–Kier alpha value is -3.46. The van der Waals surface area contributed by atoms with Gasteiger partial charge in [0.05, 0.1) is 11.1 Å². The highest BCUT2D eigenvalue weighted by molar-refractivity contribution is 7.13. The fourth-order valence-corrected chi connectivity index (χ4v) is 4.27. The predicted octanol–water partition coefficient (Wildman–Crippen LogP) is 7.09. The summed E-state index contributed by atoms with van der Waals surface area (Å²) >= 11 is 1.60. The highest BCUT2D eigenvalue weighted by Crippen LogP contribution is 2.31. The van der Waals surface area contributed by atoms with Crippen LogP contribution in [-0.2, 0) is 6.18 Å². The van der Waals surface area contributed by atoms with E-state index in [0.29, 0.717) is 10.9 Å². The Labute approximate surface area is 206 Å². The summed E-state index contributed by atoms with van der Waals surface area (Å²) in [6.45, 7) is 0. The zero-order valence-electron chi connectivity index (χ0n) is 19.1. The van der Waals surface area contributed by atoms with E-state index in [0.717, 1.165) is 16.5 Å². The Morgan fingerprint density at radius 1 is 0.914 bits per heavy atom. The predicted molar refractivity (Wildman–Crippen MR) is 135 cm³/mol. The first-order chi connectivity index (χ1) is 16.8. The van der Waals surface area contributed by atoms with Gasteiger partial charge < -0.3 is 11.5 Å². The molecule has 0 bridgehead atoms. The van der Waals surface area contributed by atoms with Gasteiger partial charge in [0.1, 0.15) is 5.69 Å². The second-order valence-electron chi connectivity index (χ2n) is 8.04. The van der Waals surface area contributed by atoms with Crippen LogP contribution in [0.4, 0.5) is 18.9 Å². The van der Waals surface area contributed by atoms with Gasteiger partial charge in [0.2, 0.25) is 5.91 Å². The van der Waals surface area contributed by atoms with Crippen molar-refractivity contribution < 1.29 is 18.0 Å². The number of para-hydroxylation sites is 1. The number of primary amides is 1. The summed E-state index contributed by atoms with van der Waals surface area (Å²) in [7, 11) is 0. The van der Waals surface area contributed by atoms with E-state index in [-0.39, 0.29) is 11.2 Å². The molecule has 1 saturated carbocycles. The van der Waals surface area contributed by atoms with Crippen molar-refractivity contribution in [3.05, 3.63) is 77.6 Å². The van der Waals surface area contributed by atoms with E-state index >= 15 is 0 Å². The number of nitrogens with zero attached hydrogens (tertiary/aromatic N) is 2. The van der Waals surface area contributed by atoms with Gasteiger partial charge >= 0.3 is 6.18 Å². The Morgan fingerprint density at radius 3 is 2.14 bits per heavy atom. The summed E-state index contributed by atoms with van der Waals surface area (Å²) < 4.78 is 37.1. The number of benzene rings is 1. The van der Waals surface area contributed by atoms with Crippen LogP contribution in [0.1, 0.15) is 54.6 Å². The first-order valence-electron chi connectivity index (χ1n) is 11.3. The standard InChI is InChI=1S/C10H7F3N2.C10H8N2OS.C6H12/c11-10(12,13)9-5-7(14)6-3-1-2-4-8(6)15-9;11-10(13)8-4-7(5-12-6-8)9-2-1-3-14-9;1-2-4-6-5-3-1/h1-5H,(H2,14,15);1-6H,(H2,11,13);1-6H2. The number of halogens is 3. The zero-order chi connectivity index (χ0) is 25.3. The van der Waals surface area contributed by atoms with Crippen LogP contribution in [-0.4, -0.2) is 15.9 Å². The summed E-state index contributed by atoms with van der Waals surface area (Å²) in [6, 6.07) is 13.0. The minimum Gasteiger partial charge on any atom is -0.398 e. The number of nitrogen functional groups attached to an aromatic ring is 1. The molecule has 1 aliphatic rings. The van der Waals surface area contributed by atoms with Crippen LogP contribution in [0.5, 0.6) is 0 Å². The molecule has 0 aliphatic heterocycles. The number of alkyl halides is 3. The number of carbonyl (C=O) groups excluding carboxylic acids is 1. The maximum atomic E-state index is 12.4. The SMILES string of the molecule is C1CCCCC1.NC(=O)c1cncc(-c2cccs2)c1.Nc1cc(C(F)(F)F)nc2ccccc12. The molecule has 0 spiro atoms. The molecule has 3 heterocycles. The molecule has 0 unspecified atom stereocenters. The number of anilines is 1. The normalized spacial score (nSPS) is 13.2. The number of aromatic nitrogens is 2. The number of amides is 1. The van der Waals surface area contributed by atoms with Crippen LogP contribution in [0.2, 0.25) is 0 Å². The molecule has 184 valence electrons. The van der Waals surface area contributed by atoms with Gasteiger partial charge in [-0.1, -0.05) is 62.8 Å². The largest absolute Gasteiger partial charge is 0.433 e. The van der Waals surface area contributed by atoms with Crippen molar-refractivity contribution in [2.24, 2.45) is 5.73 Å². The monoisotopic (exact) mass is 500 g/mol. The summed E-state index contributed by atoms with van der Waals surface area (Å²) in [4.78, 5) is 19.5. The molecule has 35 heavy (non-hydrogen) atoms. The molecule has 1 amide bonds. The lowest BCUT2D eigenvalue weighted by Crippen LogP contribution is -2.11. The molecular formula is C26H27F3N4OS. The molecule has 1 fully saturated rings. The lowest BCUT2D eigenvalue weighted by Gasteiger charge is -2.08. The number of pyridine rings is 2. The molecular weight excluding hydrogens is 473 g/mol. The van der Waals surface area contributed by atoms with Gasteiger partial charge in [0.15, 0.2) is 0 Å². The summed E-state index contributed by atoms with van der Waals surface area (Å²) in [5.74, 6) is -0.448. The van der Waals surface area contributed by atoms with Crippen LogP contribution >= 0.6 is 11.3 Å². The molecule has 1 aliphatic carbocycles. The van der Waals surface area contributed by atoms with Gasteiger partial charge in [-0.15, -0.1) is 11.3 Å². The molecule has 5 rings (SSSR count). The van der Waals surface area contributed by atoms with E-state index in [9.17, 15) is 18.0 Å². The van der Waals surface area contributed by atoms with E-state index < -0.39 is 17.8 Å². The molecule has 3 aromatic heterocycles. The summed E-state index contributed by atoms with van der Waals surface area (Å²) in [5, 5.41) is 2.51. The summed E-state index contributed by atoms with van der Waals surface area (Å²) in [6.07, 6.45) is 7.73. The van der Waals surface area contributed by atoms with Gasteiger partial charge in [-0.2, -0.15) is 13.2 Å².